The minimum absolute atomic E-state index is 0.0951. The van der Waals surface area contributed by atoms with Gasteiger partial charge in [0.2, 0.25) is 5.91 Å². The third kappa shape index (κ3) is 4.32. The summed E-state index contributed by atoms with van der Waals surface area (Å²) in [5.41, 5.74) is 1.95. The Hall–Kier alpha value is -2.89. The molecule has 146 valence electrons. The third-order valence-corrected chi connectivity index (χ3v) is 5.63. The molecule has 28 heavy (non-hydrogen) atoms. The molecule has 1 unspecified atom stereocenters. The van der Waals surface area contributed by atoms with Crippen LogP contribution in [0.4, 0.5) is 16.3 Å². The normalized spacial score (nSPS) is 20.2. The molecule has 2 aliphatic rings. The van der Waals surface area contributed by atoms with Gasteiger partial charge in [-0.15, -0.1) is 0 Å². The van der Waals surface area contributed by atoms with E-state index in [0.29, 0.717) is 18.8 Å². The van der Waals surface area contributed by atoms with Crippen LogP contribution in [-0.4, -0.2) is 29.5 Å². The van der Waals surface area contributed by atoms with Crippen molar-refractivity contribution in [2.75, 3.05) is 16.8 Å². The highest BCUT2D eigenvalue weighted by atomic mass is 16.2. The Morgan fingerprint density at radius 1 is 1.07 bits per heavy atom. The van der Waals surface area contributed by atoms with Gasteiger partial charge >= 0.3 is 6.03 Å². The maximum absolute atomic E-state index is 12.6. The van der Waals surface area contributed by atoms with E-state index < -0.39 is 0 Å². The van der Waals surface area contributed by atoms with E-state index in [1.54, 1.807) is 17.2 Å². The quantitative estimate of drug-likeness (QED) is 0.843. The van der Waals surface area contributed by atoms with Crippen molar-refractivity contribution in [3.05, 3.63) is 54.2 Å². The fourth-order valence-electron chi connectivity index (χ4n) is 4.15. The molecular formula is C22H26N4O2. The van der Waals surface area contributed by atoms with E-state index in [0.717, 1.165) is 18.5 Å². The Bertz CT molecular complexity index is 833. The number of urea groups is 1. The van der Waals surface area contributed by atoms with Crippen molar-refractivity contribution in [2.45, 2.75) is 50.5 Å². The Morgan fingerprint density at radius 2 is 1.86 bits per heavy atom. The molecule has 1 atom stereocenters. The lowest BCUT2D eigenvalue weighted by atomic mass is 9.96. The number of hydrogen-bond donors (Lipinski definition) is 2. The van der Waals surface area contributed by atoms with Gasteiger partial charge in [0.25, 0.3) is 0 Å². The van der Waals surface area contributed by atoms with E-state index in [4.69, 9.17) is 0 Å². The number of aromatic nitrogens is 1. The summed E-state index contributed by atoms with van der Waals surface area (Å²) in [5.74, 6) is 0.743. The molecule has 2 fully saturated rings. The van der Waals surface area contributed by atoms with Gasteiger partial charge in [-0.1, -0.05) is 49.6 Å². The number of nitrogens with zero attached hydrogens (tertiary/aromatic N) is 2. The van der Waals surface area contributed by atoms with E-state index >= 15 is 0 Å². The number of nitrogens with one attached hydrogen (secondary N) is 2. The second-order valence-corrected chi connectivity index (χ2v) is 7.65. The van der Waals surface area contributed by atoms with Crippen LogP contribution in [0.15, 0.2) is 48.7 Å². The van der Waals surface area contributed by atoms with Crippen LogP contribution in [0.1, 0.15) is 50.0 Å². The van der Waals surface area contributed by atoms with E-state index in [9.17, 15) is 9.59 Å². The summed E-state index contributed by atoms with van der Waals surface area (Å²) in [6.07, 6.45) is 7.77. The summed E-state index contributed by atoms with van der Waals surface area (Å²) in [6, 6.07) is 13.7. The molecule has 0 radical (unpaired) electrons. The van der Waals surface area contributed by atoms with Crippen molar-refractivity contribution in [1.82, 2.24) is 10.3 Å². The Morgan fingerprint density at radius 3 is 2.64 bits per heavy atom. The fraction of sp³-hybridized carbons (Fsp3) is 0.409. The number of anilines is 2. The van der Waals surface area contributed by atoms with E-state index in [1.165, 1.54) is 24.8 Å². The average molecular weight is 378 g/mol. The number of rotatable bonds is 4. The number of hydrogen-bond acceptors (Lipinski definition) is 3. The SMILES string of the molecule is O=C(Nc1cc(N2CC(c3ccccc3)CC2=O)ccn1)NC1CCCCC1. The molecule has 1 saturated heterocycles. The molecule has 0 spiro atoms. The van der Waals surface area contributed by atoms with Gasteiger partial charge in [0.05, 0.1) is 0 Å². The summed E-state index contributed by atoms with van der Waals surface area (Å²) in [6.45, 7) is 0.639. The number of benzene rings is 1. The zero-order valence-electron chi connectivity index (χ0n) is 15.9. The highest BCUT2D eigenvalue weighted by molar-refractivity contribution is 5.97. The summed E-state index contributed by atoms with van der Waals surface area (Å²) < 4.78 is 0. The predicted molar refractivity (Wildman–Crippen MR) is 109 cm³/mol. The summed E-state index contributed by atoms with van der Waals surface area (Å²) >= 11 is 0. The second kappa shape index (κ2) is 8.42. The number of pyridine rings is 1. The first-order valence-electron chi connectivity index (χ1n) is 10.1. The van der Waals surface area contributed by atoms with E-state index in [-0.39, 0.29) is 23.9 Å². The van der Waals surface area contributed by atoms with Gasteiger partial charge in [0, 0.05) is 42.9 Å². The summed E-state index contributed by atoms with van der Waals surface area (Å²) in [4.78, 5) is 30.8. The van der Waals surface area contributed by atoms with Gasteiger partial charge in [-0.3, -0.25) is 10.1 Å². The highest BCUT2D eigenvalue weighted by Gasteiger charge is 2.31. The topological polar surface area (TPSA) is 74.3 Å². The van der Waals surface area contributed by atoms with Crippen LogP contribution in [-0.2, 0) is 4.79 Å². The zero-order valence-corrected chi connectivity index (χ0v) is 15.9. The average Bonchev–Trinajstić information content (AvgIpc) is 3.11. The minimum Gasteiger partial charge on any atom is -0.335 e. The first-order valence-corrected chi connectivity index (χ1v) is 10.1. The van der Waals surface area contributed by atoms with Gasteiger partial charge in [0.1, 0.15) is 5.82 Å². The maximum atomic E-state index is 12.6. The smallest absolute Gasteiger partial charge is 0.320 e. The highest BCUT2D eigenvalue weighted by Crippen LogP contribution is 2.32. The molecule has 6 nitrogen and oxygen atoms in total. The van der Waals surface area contributed by atoms with Crippen LogP contribution in [0.2, 0.25) is 0 Å². The lowest BCUT2D eigenvalue weighted by molar-refractivity contribution is -0.117. The van der Waals surface area contributed by atoms with Crippen LogP contribution in [0.25, 0.3) is 0 Å². The molecule has 3 amide bonds. The van der Waals surface area contributed by atoms with E-state index in [2.05, 4.69) is 27.8 Å². The zero-order chi connectivity index (χ0) is 19.3. The molecule has 2 heterocycles. The van der Waals surface area contributed by atoms with Crippen LogP contribution in [0, 0.1) is 0 Å². The standard InChI is InChI=1S/C22H26N4O2/c27-21-13-17(16-7-3-1-4-8-16)15-26(21)19-11-12-23-20(14-19)25-22(28)24-18-9-5-2-6-10-18/h1,3-4,7-8,11-12,14,17-18H,2,5-6,9-10,13,15H2,(H2,23,24,25,28). The van der Waals surface area contributed by atoms with Crippen LogP contribution in [0.3, 0.4) is 0 Å². The molecule has 6 heteroatoms. The van der Waals surface area contributed by atoms with E-state index in [1.807, 2.05) is 24.3 Å². The largest absolute Gasteiger partial charge is 0.335 e. The Balaban J connectivity index is 1.40. The van der Waals surface area contributed by atoms with Crippen molar-refractivity contribution < 1.29 is 9.59 Å². The molecule has 1 aromatic heterocycles. The van der Waals surface area contributed by atoms with Crippen molar-refractivity contribution >= 4 is 23.4 Å². The number of amides is 3. The van der Waals surface area contributed by atoms with Crippen LogP contribution in [0.5, 0.6) is 0 Å². The molecule has 0 bridgehead atoms. The predicted octanol–water partition coefficient (Wildman–Crippen LogP) is 4.06. The minimum atomic E-state index is -0.230. The fourth-order valence-corrected chi connectivity index (χ4v) is 4.15. The molecule has 1 aliphatic carbocycles. The second-order valence-electron chi connectivity index (χ2n) is 7.65. The lowest BCUT2D eigenvalue weighted by Crippen LogP contribution is -2.39. The molecular weight excluding hydrogens is 352 g/mol. The van der Waals surface area contributed by atoms with Crippen molar-refractivity contribution in [1.29, 1.82) is 0 Å². The Kier molecular flexibility index (Phi) is 5.55. The molecule has 1 aromatic carbocycles. The van der Waals surface area contributed by atoms with Gasteiger partial charge in [-0.05, 0) is 24.5 Å². The number of carbonyl (C=O) groups is 2. The summed E-state index contributed by atoms with van der Waals surface area (Å²) in [7, 11) is 0. The van der Waals surface area contributed by atoms with Crippen molar-refractivity contribution in [2.24, 2.45) is 0 Å². The molecule has 2 N–H and O–H groups in total. The monoisotopic (exact) mass is 378 g/mol. The van der Waals surface area contributed by atoms with Crippen LogP contribution >= 0.6 is 0 Å². The van der Waals surface area contributed by atoms with Gasteiger partial charge in [-0.2, -0.15) is 0 Å². The van der Waals surface area contributed by atoms with Crippen LogP contribution < -0.4 is 15.5 Å². The number of carbonyl (C=O) groups excluding carboxylic acids is 2. The molecule has 4 rings (SSSR count). The Labute approximate surface area is 165 Å². The third-order valence-electron chi connectivity index (χ3n) is 5.63. The van der Waals surface area contributed by atoms with Crippen molar-refractivity contribution in [3.63, 3.8) is 0 Å². The summed E-state index contributed by atoms with van der Waals surface area (Å²) in [5, 5.41) is 5.83. The first-order chi connectivity index (χ1) is 13.7. The maximum Gasteiger partial charge on any atom is 0.320 e. The van der Waals surface area contributed by atoms with Gasteiger partial charge in [-0.25, -0.2) is 9.78 Å². The van der Waals surface area contributed by atoms with Gasteiger partial charge in [0.15, 0.2) is 0 Å². The first kappa shape index (κ1) is 18.5. The molecule has 2 aromatic rings. The lowest BCUT2D eigenvalue weighted by Gasteiger charge is -2.23. The van der Waals surface area contributed by atoms with Gasteiger partial charge < -0.3 is 10.2 Å². The molecule has 1 saturated carbocycles. The van der Waals surface area contributed by atoms with Crippen molar-refractivity contribution in [3.8, 4) is 0 Å². The molecule has 1 aliphatic heterocycles.